The van der Waals surface area contributed by atoms with Gasteiger partial charge in [0, 0.05) is 11.3 Å². The Morgan fingerprint density at radius 2 is 1.83 bits per heavy atom. The first kappa shape index (κ1) is 19.1. The van der Waals surface area contributed by atoms with Gasteiger partial charge in [-0.25, -0.2) is 4.98 Å². The van der Waals surface area contributed by atoms with Gasteiger partial charge in [0.1, 0.15) is 0 Å². The van der Waals surface area contributed by atoms with Crippen LogP contribution in [0.4, 0.5) is 5.13 Å². The Morgan fingerprint density at radius 1 is 1.00 bits per heavy atom. The molecule has 0 unspecified atom stereocenters. The summed E-state index contributed by atoms with van der Waals surface area (Å²) in [5.41, 5.74) is 3.37. The van der Waals surface area contributed by atoms with Crippen LogP contribution in [-0.4, -0.2) is 17.7 Å². The van der Waals surface area contributed by atoms with Crippen LogP contribution in [0.25, 0.3) is 0 Å². The largest absolute Gasteiger partial charge is 0.454 e. The molecular weight excluding hydrogens is 396 g/mol. The second kappa shape index (κ2) is 8.48. The minimum atomic E-state index is 0.0996. The number of nitrogens with zero attached hydrogens (tertiary/aromatic N) is 2. The molecule has 1 aliphatic heterocycles. The highest BCUT2D eigenvalue weighted by molar-refractivity contribution is 7.15. The molecule has 0 spiro atoms. The number of rotatable bonds is 6. The summed E-state index contributed by atoms with van der Waals surface area (Å²) >= 11 is 1.69. The lowest BCUT2D eigenvalue weighted by Gasteiger charge is -2.20. The first-order chi connectivity index (χ1) is 14.8. The Morgan fingerprint density at radius 3 is 2.70 bits per heavy atom. The molecule has 3 aromatic rings. The number of benzene rings is 2. The van der Waals surface area contributed by atoms with Gasteiger partial charge in [-0.2, -0.15) is 0 Å². The van der Waals surface area contributed by atoms with E-state index in [0.29, 0.717) is 19.4 Å². The second-order valence-corrected chi connectivity index (χ2v) is 8.79. The molecule has 0 saturated heterocycles. The molecule has 0 N–H and O–H groups in total. The van der Waals surface area contributed by atoms with E-state index in [-0.39, 0.29) is 12.7 Å². The molecular formula is C24H24N2O3S. The predicted molar refractivity (Wildman–Crippen MR) is 117 cm³/mol. The SMILES string of the molecule is O=C(CCc1ccc2c(c1)OCO2)N(Cc1ccccc1)c1nc2c(s1)CCCC2. The molecule has 2 aromatic carbocycles. The quantitative estimate of drug-likeness (QED) is 0.568. The maximum absolute atomic E-state index is 13.3. The summed E-state index contributed by atoms with van der Waals surface area (Å²) in [7, 11) is 0. The molecule has 154 valence electrons. The third kappa shape index (κ3) is 4.05. The first-order valence-electron chi connectivity index (χ1n) is 10.5. The number of fused-ring (bicyclic) bond motifs is 2. The predicted octanol–water partition coefficient (Wildman–Crippen LogP) is 4.92. The lowest BCUT2D eigenvalue weighted by Crippen LogP contribution is -2.30. The number of anilines is 1. The Labute approximate surface area is 180 Å². The summed E-state index contributed by atoms with van der Waals surface area (Å²) < 4.78 is 10.8. The van der Waals surface area contributed by atoms with Gasteiger partial charge in [0.15, 0.2) is 16.6 Å². The van der Waals surface area contributed by atoms with Crippen molar-refractivity contribution in [3.63, 3.8) is 0 Å². The molecule has 1 aliphatic carbocycles. The van der Waals surface area contributed by atoms with Gasteiger partial charge in [-0.15, -0.1) is 11.3 Å². The number of aromatic nitrogens is 1. The van der Waals surface area contributed by atoms with Gasteiger partial charge < -0.3 is 9.47 Å². The van der Waals surface area contributed by atoms with Crippen molar-refractivity contribution in [2.75, 3.05) is 11.7 Å². The second-order valence-electron chi connectivity index (χ2n) is 7.73. The van der Waals surface area contributed by atoms with Crippen LogP contribution in [0.2, 0.25) is 0 Å². The Bertz CT molecular complexity index is 1020. The van der Waals surface area contributed by atoms with Gasteiger partial charge in [-0.05, 0) is 55.4 Å². The minimum absolute atomic E-state index is 0.0996. The highest BCUT2D eigenvalue weighted by atomic mass is 32.1. The van der Waals surface area contributed by atoms with Crippen LogP contribution < -0.4 is 14.4 Å². The highest BCUT2D eigenvalue weighted by Gasteiger charge is 2.23. The number of carbonyl (C=O) groups is 1. The molecule has 1 aromatic heterocycles. The van der Waals surface area contributed by atoms with Crippen molar-refractivity contribution in [1.29, 1.82) is 0 Å². The van der Waals surface area contributed by atoms with Crippen molar-refractivity contribution < 1.29 is 14.3 Å². The fourth-order valence-corrected chi connectivity index (χ4v) is 5.13. The number of amides is 1. The van der Waals surface area contributed by atoms with Crippen LogP contribution in [0.1, 0.15) is 41.0 Å². The van der Waals surface area contributed by atoms with E-state index in [9.17, 15) is 4.79 Å². The van der Waals surface area contributed by atoms with Crippen molar-refractivity contribution in [3.05, 3.63) is 70.2 Å². The van der Waals surface area contributed by atoms with Crippen LogP contribution in [-0.2, 0) is 30.6 Å². The molecule has 30 heavy (non-hydrogen) atoms. The summed E-state index contributed by atoms with van der Waals surface area (Å²) in [5, 5.41) is 0.835. The third-order valence-corrected chi connectivity index (χ3v) is 6.79. The van der Waals surface area contributed by atoms with Gasteiger partial charge in [0.05, 0.1) is 12.2 Å². The Balaban J connectivity index is 1.35. The van der Waals surface area contributed by atoms with Gasteiger partial charge in [-0.1, -0.05) is 36.4 Å². The molecule has 0 radical (unpaired) electrons. The number of ether oxygens (including phenoxy) is 2. The average molecular weight is 421 g/mol. The van der Waals surface area contributed by atoms with Crippen LogP contribution >= 0.6 is 11.3 Å². The number of carbonyl (C=O) groups excluding carboxylic acids is 1. The molecule has 2 heterocycles. The van der Waals surface area contributed by atoms with E-state index in [0.717, 1.165) is 40.6 Å². The normalized spacial score (nSPS) is 14.4. The van der Waals surface area contributed by atoms with Gasteiger partial charge in [0.25, 0.3) is 0 Å². The smallest absolute Gasteiger partial charge is 0.231 e. The van der Waals surface area contributed by atoms with Gasteiger partial charge in [0.2, 0.25) is 12.7 Å². The first-order valence-corrected chi connectivity index (χ1v) is 11.3. The molecule has 0 fully saturated rings. The van der Waals surface area contributed by atoms with E-state index in [2.05, 4.69) is 12.1 Å². The average Bonchev–Trinajstić information content (AvgIpc) is 3.42. The maximum atomic E-state index is 13.3. The van der Waals surface area contributed by atoms with Crippen molar-refractivity contribution >= 4 is 22.4 Å². The van der Waals surface area contributed by atoms with Gasteiger partial charge in [-0.3, -0.25) is 9.69 Å². The topological polar surface area (TPSA) is 51.7 Å². The molecule has 0 bridgehead atoms. The lowest BCUT2D eigenvalue weighted by atomic mass is 10.0. The van der Waals surface area contributed by atoms with Crippen molar-refractivity contribution in [2.24, 2.45) is 0 Å². The molecule has 1 amide bonds. The summed E-state index contributed by atoms with van der Waals surface area (Å²) in [6, 6.07) is 16.0. The molecule has 0 saturated carbocycles. The summed E-state index contributed by atoms with van der Waals surface area (Å²) in [6.07, 6.45) is 5.59. The minimum Gasteiger partial charge on any atom is -0.454 e. The monoisotopic (exact) mass is 420 g/mol. The summed E-state index contributed by atoms with van der Waals surface area (Å²) in [5.74, 6) is 1.63. The fraction of sp³-hybridized carbons (Fsp3) is 0.333. The maximum Gasteiger partial charge on any atom is 0.231 e. The zero-order valence-corrected chi connectivity index (χ0v) is 17.6. The van der Waals surface area contributed by atoms with Crippen molar-refractivity contribution in [2.45, 2.75) is 45.1 Å². The number of hydrogen-bond acceptors (Lipinski definition) is 5. The summed E-state index contributed by atoms with van der Waals surface area (Å²) in [4.78, 5) is 21.4. The molecule has 6 heteroatoms. The Kier molecular flexibility index (Phi) is 5.41. The van der Waals surface area contributed by atoms with Crippen LogP contribution in [0.3, 0.4) is 0 Å². The Hall–Kier alpha value is -2.86. The van der Waals surface area contributed by atoms with Crippen LogP contribution in [0.5, 0.6) is 11.5 Å². The molecule has 2 aliphatic rings. The van der Waals surface area contributed by atoms with Crippen molar-refractivity contribution in [1.82, 2.24) is 4.98 Å². The third-order valence-electron chi connectivity index (χ3n) is 5.61. The highest BCUT2D eigenvalue weighted by Crippen LogP contribution is 2.34. The van der Waals surface area contributed by atoms with E-state index in [1.54, 1.807) is 11.3 Å². The zero-order valence-electron chi connectivity index (χ0n) is 16.8. The number of thiazole rings is 1. The lowest BCUT2D eigenvalue weighted by molar-refractivity contribution is -0.118. The van der Waals surface area contributed by atoms with Crippen molar-refractivity contribution in [3.8, 4) is 11.5 Å². The number of aryl methyl sites for hydroxylation is 3. The van der Waals surface area contributed by atoms with E-state index in [1.807, 2.05) is 41.3 Å². The van der Waals surface area contributed by atoms with Crippen LogP contribution in [0.15, 0.2) is 48.5 Å². The van der Waals surface area contributed by atoms with E-state index < -0.39 is 0 Å². The van der Waals surface area contributed by atoms with E-state index in [1.165, 1.54) is 23.4 Å². The zero-order chi connectivity index (χ0) is 20.3. The molecule has 0 atom stereocenters. The molecule has 5 nitrogen and oxygen atoms in total. The fourth-order valence-electron chi connectivity index (χ4n) is 3.96. The standard InChI is InChI=1S/C24H24N2O3S/c27-23(13-11-17-10-12-20-21(14-17)29-16-28-20)26(15-18-6-2-1-3-7-18)24-25-19-8-4-5-9-22(19)30-24/h1-3,6-7,10,12,14H,4-5,8-9,11,13,15-16H2. The molecule has 5 rings (SSSR count). The van der Waals surface area contributed by atoms with Crippen LogP contribution in [0, 0.1) is 0 Å². The van der Waals surface area contributed by atoms with E-state index >= 15 is 0 Å². The summed E-state index contributed by atoms with van der Waals surface area (Å²) in [6.45, 7) is 0.810. The number of hydrogen-bond donors (Lipinski definition) is 0. The van der Waals surface area contributed by atoms with E-state index in [4.69, 9.17) is 14.5 Å². The van der Waals surface area contributed by atoms with Gasteiger partial charge >= 0.3 is 0 Å².